The molecule has 0 unspecified atom stereocenters. The van der Waals surface area contributed by atoms with Gasteiger partial charge in [0.05, 0.1) is 12.2 Å². The van der Waals surface area contributed by atoms with Gasteiger partial charge in [-0.2, -0.15) is 0 Å². The molecule has 0 radical (unpaired) electrons. The van der Waals surface area contributed by atoms with E-state index in [1.54, 1.807) is 23.9 Å². The molecule has 4 fully saturated rings. The number of benzene rings is 2. The van der Waals surface area contributed by atoms with Crippen LogP contribution in [-0.2, 0) is 24.8 Å². The van der Waals surface area contributed by atoms with E-state index >= 15 is 0 Å². The lowest BCUT2D eigenvalue weighted by molar-refractivity contribution is -0.237. The molecule has 0 bridgehead atoms. The number of carbonyl (C=O) groups excluding carboxylic acids is 2. The molecule has 0 aromatic heterocycles. The number of carbonyl (C=O) groups is 2. The fourth-order valence-electron chi connectivity index (χ4n) is 9.93. The predicted octanol–water partition coefficient (Wildman–Crippen LogP) is 6.44. The van der Waals surface area contributed by atoms with Crippen LogP contribution in [0.25, 0.3) is 0 Å². The molecule has 8 heteroatoms. The highest BCUT2D eigenvalue weighted by molar-refractivity contribution is 7.99. The van der Waals surface area contributed by atoms with Crippen LogP contribution in [0, 0.1) is 28.6 Å². The molecule has 7 nitrogen and oxygen atoms in total. The molecule has 0 spiro atoms. The quantitative estimate of drug-likeness (QED) is 0.317. The van der Waals surface area contributed by atoms with Crippen LogP contribution in [0.3, 0.4) is 0 Å². The van der Waals surface area contributed by atoms with Gasteiger partial charge in [-0.05, 0) is 107 Å². The number of Topliss-reactive ketones (excluding diaryl/α,β-unsaturated/α-hetero) is 1. The molecule has 1 heterocycles. The van der Waals surface area contributed by atoms with E-state index in [-0.39, 0.29) is 29.3 Å². The van der Waals surface area contributed by atoms with Gasteiger partial charge in [-0.25, -0.2) is 0 Å². The number of aliphatic hydroxyl groups excluding tert-OH is 2. The van der Waals surface area contributed by atoms with Crippen molar-refractivity contribution in [2.24, 2.45) is 28.6 Å². The molecule has 46 heavy (non-hydrogen) atoms. The molecular weight excluding hydrogens is 598 g/mol. The largest absolute Gasteiger partial charge is 0.393 e. The van der Waals surface area contributed by atoms with Crippen LogP contribution in [0.15, 0.2) is 82.1 Å². The highest BCUT2D eigenvalue weighted by Crippen LogP contribution is 2.71. The molecule has 0 amide bonds. The van der Waals surface area contributed by atoms with Crippen LogP contribution in [0.2, 0.25) is 0 Å². The molecular formula is C38H45NO6S. The van der Waals surface area contributed by atoms with E-state index in [0.717, 1.165) is 39.5 Å². The van der Waals surface area contributed by atoms with E-state index < -0.39 is 41.0 Å². The van der Waals surface area contributed by atoms with Gasteiger partial charge in [0.1, 0.15) is 6.61 Å². The summed E-state index contributed by atoms with van der Waals surface area (Å²) in [7, 11) is 0. The van der Waals surface area contributed by atoms with Gasteiger partial charge in [0.15, 0.2) is 23.0 Å². The summed E-state index contributed by atoms with van der Waals surface area (Å²) in [6.45, 7) is 9.65. The summed E-state index contributed by atoms with van der Waals surface area (Å²) in [6.07, 6.45) is 6.68. The van der Waals surface area contributed by atoms with E-state index in [1.807, 2.05) is 37.3 Å². The van der Waals surface area contributed by atoms with Crippen molar-refractivity contribution >= 4 is 29.0 Å². The van der Waals surface area contributed by atoms with Gasteiger partial charge < -0.3 is 25.0 Å². The number of anilines is 1. The number of fused-ring (bicyclic) bond motifs is 7. The number of allylic oxidation sites excluding steroid dienone is 4. The number of rotatable bonds is 7. The number of hydrogen-bond acceptors (Lipinski definition) is 8. The summed E-state index contributed by atoms with van der Waals surface area (Å²) in [5.74, 6) is -1.48. The van der Waals surface area contributed by atoms with Crippen LogP contribution in [0.1, 0.15) is 65.9 Å². The minimum absolute atomic E-state index is 0.00461. The average Bonchev–Trinajstić information content (AvgIpc) is 3.45. The van der Waals surface area contributed by atoms with Crippen molar-refractivity contribution in [2.45, 2.75) is 99.7 Å². The smallest absolute Gasteiger partial charge is 0.193 e. The Labute approximate surface area is 275 Å². The Balaban J connectivity index is 1.15. The third-order valence-corrected chi connectivity index (χ3v) is 12.9. The van der Waals surface area contributed by atoms with Gasteiger partial charge >= 0.3 is 0 Å². The molecule has 3 N–H and O–H groups in total. The van der Waals surface area contributed by atoms with E-state index in [4.69, 9.17) is 9.47 Å². The maximum Gasteiger partial charge on any atom is 0.193 e. The number of aliphatic hydroxyl groups is 2. The van der Waals surface area contributed by atoms with E-state index in [2.05, 4.69) is 57.3 Å². The molecule has 2 aromatic carbocycles. The fourth-order valence-corrected chi connectivity index (χ4v) is 10.7. The van der Waals surface area contributed by atoms with Crippen molar-refractivity contribution in [3.63, 3.8) is 0 Å². The topological polar surface area (TPSA) is 105 Å². The van der Waals surface area contributed by atoms with Crippen molar-refractivity contribution < 1.29 is 29.3 Å². The Morgan fingerprint density at radius 1 is 1.07 bits per heavy atom. The maximum atomic E-state index is 13.9. The predicted molar refractivity (Wildman–Crippen MR) is 177 cm³/mol. The summed E-state index contributed by atoms with van der Waals surface area (Å²) >= 11 is 1.67. The number of ether oxygens (including phenoxy) is 2. The zero-order valence-corrected chi connectivity index (χ0v) is 28.1. The Bertz CT molecular complexity index is 1600. The molecule has 7 rings (SSSR count). The van der Waals surface area contributed by atoms with Gasteiger partial charge in [0.2, 0.25) is 0 Å². The first-order valence-corrected chi connectivity index (χ1v) is 17.4. The highest BCUT2D eigenvalue weighted by atomic mass is 32.2. The number of ketones is 2. The van der Waals surface area contributed by atoms with Crippen molar-refractivity contribution in [3.05, 3.63) is 77.9 Å². The Morgan fingerprint density at radius 3 is 2.39 bits per heavy atom. The van der Waals surface area contributed by atoms with Gasteiger partial charge in [-0.1, -0.05) is 49.4 Å². The maximum absolute atomic E-state index is 13.9. The number of nitrogens with one attached hydrogen (secondary N) is 1. The Hall–Kier alpha value is -2.75. The Morgan fingerprint density at radius 2 is 1.74 bits per heavy atom. The summed E-state index contributed by atoms with van der Waals surface area (Å²) in [4.78, 5) is 28.3. The summed E-state index contributed by atoms with van der Waals surface area (Å²) in [6, 6.07) is 16.8. The monoisotopic (exact) mass is 643 g/mol. The molecule has 9 atom stereocenters. The molecule has 5 aliphatic rings. The van der Waals surface area contributed by atoms with Crippen LogP contribution in [0.4, 0.5) is 5.69 Å². The molecule has 1 saturated heterocycles. The van der Waals surface area contributed by atoms with Crippen molar-refractivity contribution in [2.75, 3.05) is 11.9 Å². The normalized spacial score (nSPS) is 39.3. The standard InChI is InChI=1S/C38H45NO6S/c1-22(2)39-25-9-13-28(14-10-25)46-27-11-6-23(7-12-27)37(5)44-33-19-30-29-15-8-24-18-26(41)16-17-35(24,3)34(29)31(42)20-36(30,4)38(33,45-37)32(43)21-40/h6-7,9-14,16-18,22,29-31,33-34,39-40,42H,8,15,19-21H2,1-5H3/t29-,30-,31-,33+,34+,35-,36-,37+,38+/m0/s1. The molecule has 2 aromatic rings. The second-order valence-corrected chi connectivity index (χ2v) is 16.0. The summed E-state index contributed by atoms with van der Waals surface area (Å²) in [5.41, 5.74) is 0.445. The lowest BCUT2D eigenvalue weighted by Crippen LogP contribution is -2.63. The third-order valence-electron chi connectivity index (χ3n) is 11.9. The highest BCUT2D eigenvalue weighted by Gasteiger charge is 2.77. The van der Waals surface area contributed by atoms with E-state index in [1.165, 1.54) is 0 Å². The minimum Gasteiger partial charge on any atom is -0.393 e. The summed E-state index contributed by atoms with van der Waals surface area (Å²) < 4.78 is 13.7. The second-order valence-electron chi connectivity index (χ2n) is 14.9. The minimum atomic E-state index is -1.39. The van der Waals surface area contributed by atoms with Gasteiger partial charge in [-0.15, -0.1) is 0 Å². The van der Waals surface area contributed by atoms with Crippen molar-refractivity contribution in [3.8, 4) is 0 Å². The zero-order chi connectivity index (χ0) is 32.6. The molecule has 4 aliphatic carbocycles. The second kappa shape index (κ2) is 11.2. The first-order valence-electron chi connectivity index (χ1n) is 16.6. The summed E-state index contributed by atoms with van der Waals surface area (Å²) in [5, 5.41) is 25.7. The first-order chi connectivity index (χ1) is 21.8. The van der Waals surface area contributed by atoms with Crippen LogP contribution < -0.4 is 5.32 Å². The first kappa shape index (κ1) is 31.8. The third kappa shape index (κ3) is 4.70. The van der Waals surface area contributed by atoms with E-state index in [0.29, 0.717) is 18.9 Å². The number of hydrogen-bond donors (Lipinski definition) is 3. The lowest BCUT2D eigenvalue weighted by atomic mass is 9.46. The molecule has 244 valence electrons. The average molecular weight is 644 g/mol. The molecule has 3 saturated carbocycles. The van der Waals surface area contributed by atoms with E-state index in [9.17, 15) is 19.8 Å². The fraction of sp³-hybridized carbons (Fsp3) is 0.526. The van der Waals surface area contributed by atoms with Crippen molar-refractivity contribution in [1.29, 1.82) is 0 Å². The van der Waals surface area contributed by atoms with Gasteiger partial charge in [-0.3, -0.25) is 9.59 Å². The van der Waals surface area contributed by atoms with Gasteiger partial charge in [0.25, 0.3) is 0 Å². The lowest BCUT2D eigenvalue weighted by Gasteiger charge is -2.60. The SMILES string of the molecule is CC(C)Nc1ccc(Sc2ccc([C@]3(C)O[C@@H]4C[C@H]5[C@@H]6CCC7=CC(=O)C=C[C@]7(C)[C@H]6[C@@H](O)C[C@]5(C)[C@]4(C(=O)CO)O3)cc2)cc1. The van der Waals surface area contributed by atoms with Crippen LogP contribution in [-0.4, -0.2) is 52.2 Å². The van der Waals surface area contributed by atoms with Crippen LogP contribution in [0.5, 0.6) is 0 Å². The van der Waals surface area contributed by atoms with Crippen LogP contribution >= 0.6 is 11.8 Å². The van der Waals surface area contributed by atoms with Crippen molar-refractivity contribution in [1.82, 2.24) is 0 Å². The van der Waals surface area contributed by atoms with Gasteiger partial charge in [0, 0.05) is 43.8 Å². The zero-order valence-electron chi connectivity index (χ0n) is 27.3. The Kier molecular flexibility index (Phi) is 7.72. The molecule has 1 aliphatic heterocycles.